The third-order valence-corrected chi connectivity index (χ3v) is 1.93. The van der Waals surface area contributed by atoms with E-state index >= 15 is 0 Å². The molecule has 3 nitrogen and oxygen atoms in total. The Bertz CT molecular complexity index is 122. The summed E-state index contributed by atoms with van der Waals surface area (Å²) in [6, 6.07) is 0. The van der Waals surface area contributed by atoms with Gasteiger partial charge in [-0.05, 0) is 5.92 Å². The molecule has 0 heterocycles. The van der Waals surface area contributed by atoms with Crippen LogP contribution in [0, 0.1) is 5.92 Å². The van der Waals surface area contributed by atoms with E-state index in [2.05, 4.69) is 12.6 Å². The van der Waals surface area contributed by atoms with Crippen molar-refractivity contribution in [3.63, 3.8) is 0 Å². The number of rotatable bonds is 2. The first-order valence-corrected chi connectivity index (χ1v) is 3.08. The van der Waals surface area contributed by atoms with Crippen LogP contribution in [-0.4, -0.2) is 15.9 Å². The van der Waals surface area contributed by atoms with Crippen LogP contribution >= 0.6 is 12.6 Å². The lowest BCUT2D eigenvalue weighted by molar-refractivity contribution is -0.140. The zero-order chi connectivity index (χ0) is 7.65. The first-order valence-electron chi connectivity index (χ1n) is 2.63. The molecule has 0 aromatic heterocycles. The van der Waals surface area contributed by atoms with Gasteiger partial charge in [-0.3, -0.25) is 0 Å². The van der Waals surface area contributed by atoms with E-state index in [-0.39, 0.29) is 5.92 Å². The topological polar surface area (TPSA) is 63.3 Å². The third-order valence-electron chi connectivity index (χ3n) is 1.22. The van der Waals surface area contributed by atoms with Crippen molar-refractivity contribution in [2.24, 2.45) is 11.7 Å². The summed E-state index contributed by atoms with van der Waals surface area (Å²) in [5.41, 5.74) is 5.27. The lowest BCUT2D eigenvalue weighted by Gasteiger charge is -2.21. The number of carboxylic acid groups (broad SMARTS) is 1. The Morgan fingerprint density at radius 3 is 2.11 bits per heavy atom. The fraction of sp³-hybridized carbons (Fsp3) is 0.800. The number of nitrogens with two attached hydrogens (primary N) is 1. The van der Waals surface area contributed by atoms with Crippen LogP contribution in [-0.2, 0) is 4.79 Å². The maximum Gasteiger partial charge on any atom is 0.334 e. The summed E-state index contributed by atoms with van der Waals surface area (Å²) in [7, 11) is 0. The van der Waals surface area contributed by atoms with E-state index in [0.29, 0.717) is 0 Å². The van der Waals surface area contributed by atoms with Crippen LogP contribution in [0.4, 0.5) is 0 Å². The zero-order valence-corrected chi connectivity index (χ0v) is 6.35. The molecular formula is C5H11NO2S. The molecule has 0 saturated heterocycles. The Morgan fingerprint density at radius 2 is 2.11 bits per heavy atom. The highest BCUT2D eigenvalue weighted by Gasteiger charge is 2.32. The second-order valence-electron chi connectivity index (χ2n) is 2.29. The van der Waals surface area contributed by atoms with Gasteiger partial charge >= 0.3 is 5.97 Å². The molecule has 0 saturated carbocycles. The van der Waals surface area contributed by atoms with Crippen molar-refractivity contribution >= 4 is 18.6 Å². The second-order valence-corrected chi connectivity index (χ2v) is 3.03. The van der Waals surface area contributed by atoms with Crippen molar-refractivity contribution in [3.8, 4) is 0 Å². The lowest BCUT2D eigenvalue weighted by Crippen LogP contribution is -2.47. The third kappa shape index (κ3) is 1.87. The van der Waals surface area contributed by atoms with Crippen LogP contribution in [0.5, 0.6) is 0 Å². The minimum atomic E-state index is -1.39. The summed E-state index contributed by atoms with van der Waals surface area (Å²) in [4.78, 5) is 8.87. The minimum absolute atomic E-state index is 0.168. The largest absolute Gasteiger partial charge is 0.479 e. The van der Waals surface area contributed by atoms with Crippen molar-refractivity contribution in [1.82, 2.24) is 0 Å². The van der Waals surface area contributed by atoms with E-state index in [9.17, 15) is 4.79 Å². The van der Waals surface area contributed by atoms with Crippen LogP contribution in [0.2, 0.25) is 0 Å². The molecule has 0 aliphatic carbocycles. The van der Waals surface area contributed by atoms with Gasteiger partial charge in [0.2, 0.25) is 0 Å². The van der Waals surface area contributed by atoms with Crippen molar-refractivity contribution in [1.29, 1.82) is 0 Å². The van der Waals surface area contributed by atoms with Crippen LogP contribution in [0.15, 0.2) is 0 Å². The smallest absolute Gasteiger partial charge is 0.334 e. The number of carboxylic acids is 1. The van der Waals surface area contributed by atoms with E-state index in [1.807, 2.05) is 0 Å². The Balaban J connectivity index is 4.19. The molecule has 54 valence electrons. The normalized spacial score (nSPS) is 17.4. The molecule has 0 aliphatic heterocycles. The molecule has 1 unspecified atom stereocenters. The summed E-state index contributed by atoms with van der Waals surface area (Å²) in [5.74, 6) is -1.25. The summed E-state index contributed by atoms with van der Waals surface area (Å²) in [6.45, 7) is 3.42. The molecule has 0 aromatic rings. The lowest BCUT2D eigenvalue weighted by atomic mass is 10.1. The van der Waals surface area contributed by atoms with Gasteiger partial charge in [0.05, 0.1) is 0 Å². The zero-order valence-electron chi connectivity index (χ0n) is 5.46. The number of hydrogen-bond acceptors (Lipinski definition) is 3. The van der Waals surface area contributed by atoms with Crippen molar-refractivity contribution in [3.05, 3.63) is 0 Å². The average Bonchev–Trinajstić information content (AvgIpc) is 1.65. The molecule has 1 atom stereocenters. The number of aliphatic carboxylic acids is 1. The highest BCUT2D eigenvalue weighted by molar-refractivity contribution is 7.82. The van der Waals surface area contributed by atoms with Crippen LogP contribution in [0.25, 0.3) is 0 Å². The van der Waals surface area contributed by atoms with E-state index < -0.39 is 10.8 Å². The van der Waals surface area contributed by atoms with Gasteiger partial charge in [0, 0.05) is 0 Å². The predicted molar refractivity (Wildman–Crippen MR) is 38.4 cm³/mol. The van der Waals surface area contributed by atoms with E-state index in [4.69, 9.17) is 10.8 Å². The summed E-state index contributed by atoms with van der Waals surface area (Å²) in [6.07, 6.45) is 0. The Kier molecular flexibility index (Phi) is 2.51. The van der Waals surface area contributed by atoms with Crippen molar-refractivity contribution in [2.45, 2.75) is 18.7 Å². The minimum Gasteiger partial charge on any atom is -0.479 e. The Labute approximate surface area is 59.6 Å². The van der Waals surface area contributed by atoms with Gasteiger partial charge in [0.1, 0.15) is 0 Å². The van der Waals surface area contributed by atoms with Crippen molar-refractivity contribution in [2.75, 3.05) is 0 Å². The fourth-order valence-electron chi connectivity index (χ4n) is 0.247. The van der Waals surface area contributed by atoms with Gasteiger partial charge in [0.15, 0.2) is 4.87 Å². The molecule has 0 radical (unpaired) electrons. The van der Waals surface area contributed by atoms with Crippen LogP contribution in [0.3, 0.4) is 0 Å². The standard InChI is InChI=1S/C5H11NO2S/c1-3(2)5(6,9)4(7)8/h3,9H,6H2,1-2H3,(H,7,8). The van der Waals surface area contributed by atoms with E-state index in [0.717, 1.165) is 0 Å². The molecule has 0 fully saturated rings. The quantitative estimate of drug-likeness (QED) is 0.391. The van der Waals surface area contributed by atoms with Crippen molar-refractivity contribution < 1.29 is 9.90 Å². The Hall–Kier alpha value is -0.220. The summed E-state index contributed by atoms with van der Waals surface area (Å²) in [5, 5.41) is 8.41. The van der Waals surface area contributed by atoms with Crippen LogP contribution in [0.1, 0.15) is 13.8 Å². The van der Waals surface area contributed by atoms with Gasteiger partial charge in [-0.1, -0.05) is 13.8 Å². The van der Waals surface area contributed by atoms with Crippen LogP contribution < -0.4 is 5.73 Å². The molecule has 0 aliphatic rings. The number of hydrogen-bond donors (Lipinski definition) is 3. The molecule has 3 N–H and O–H groups in total. The van der Waals surface area contributed by atoms with Gasteiger partial charge in [0.25, 0.3) is 0 Å². The van der Waals surface area contributed by atoms with Gasteiger partial charge in [-0.25, -0.2) is 4.79 Å². The summed E-state index contributed by atoms with van der Waals surface area (Å²) < 4.78 is 0. The average molecular weight is 149 g/mol. The molecule has 4 heteroatoms. The molecule has 0 bridgehead atoms. The molecule has 0 rings (SSSR count). The van der Waals surface area contributed by atoms with Gasteiger partial charge in [-0.2, -0.15) is 0 Å². The molecule has 0 aromatic carbocycles. The van der Waals surface area contributed by atoms with E-state index in [1.54, 1.807) is 13.8 Å². The second kappa shape index (κ2) is 2.58. The molecule has 0 amide bonds. The molecule has 9 heavy (non-hydrogen) atoms. The van der Waals surface area contributed by atoms with E-state index in [1.165, 1.54) is 0 Å². The highest BCUT2D eigenvalue weighted by atomic mass is 32.1. The predicted octanol–water partition coefficient (Wildman–Crippen LogP) is 0.312. The highest BCUT2D eigenvalue weighted by Crippen LogP contribution is 2.17. The maximum absolute atomic E-state index is 10.3. The summed E-state index contributed by atoms with van der Waals surface area (Å²) >= 11 is 3.75. The van der Waals surface area contributed by atoms with Gasteiger partial charge in [-0.15, -0.1) is 12.6 Å². The number of carbonyl (C=O) groups is 1. The monoisotopic (exact) mass is 149 g/mol. The Morgan fingerprint density at radius 1 is 1.78 bits per heavy atom. The maximum atomic E-state index is 10.3. The first kappa shape index (κ1) is 8.78. The molecule has 0 spiro atoms. The number of thiol groups is 1. The van der Waals surface area contributed by atoms with Gasteiger partial charge < -0.3 is 10.8 Å². The first-order chi connectivity index (χ1) is 3.89. The molecular weight excluding hydrogens is 138 g/mol. The SMILES string of the molecule is CC(C)C(N)(S)C(=O)O. The fourth-order valence-corrected chi connectivity index (χ4v) is 0.247.